The number of anilines is 1. The van der Waals surface area contributed by atoms with Crippen molar-refractivity contribution in [3.8, 4) is 5.75 Å². The summed E-state index contributed by atoms with van der Waals surface area (Å²) in [6, 6.07) is 11.9. The van der Waals surface area contributed by atoms with Crippen molar-refractivity contribution in [3.05, 3.63) is 53.6 Å². The van der Waals surface area contributed by atoms with E-state index in [9.17, 15) is 18.0 Å². The molecule has 0 aromatic heterocycles. The van der Waals surface area contributed by atoms with E-state index < -0.39 is 10.0 Å². The average molecular weight is 460 g/mol. The fourth-order valence-electron chi connectivity index (χ4n) is 3.77. The summed E-state index contributed by atoms with van der Waals surface area (Å²) < 4.78 is 33.9. The van der Waals surface area contributed by atoms with E-state index in [0.29, 0.717) is 31.6 Å². The Labute approximate surface area is 189 Å². The third-order valence-electron chi connectivity index (χ3n) is 5.74. The van der Waals surface area contributed by atoms with Gasteiger partial charge >= 0.3 is 0 Å². The van der Waals surface area contributed by atoms with Crippen LogP contribution in [0, 0.1) is 19.8 Å². The van der Waals surface area contributed by atoms with Crippen LogP contribution in [0.25, 0.3) is 0 Å². The normalized spacial score (nSPS) is 14.8. The number of hydrogen-bond acceptors (Lipinski definition) is 5. The van der Waals surface area contributed by atoms with Gasteiger partial charge in [-0.3, -0.25) is 13.9 Å². The second-order valence-corrected chi connectivity index (χ2v) is 9.89. The fourth-order valence-corrected chi connectivity index (χ4v) is 5.42. The molecule has 2 N–H and O–H groups in total. The standard InChI is InChI=1S/C23H29N3O5S/c1-16-4-7-19(8-5-16)26(15-22(27)25-12-10-18(11-13-25)23(24)28)32(29,30)21-14-17(2)6-9-20(21)31-3/h4-9,14,18H,10-13,15H2,1-3H3,(H2,24,28). The quantitative estimate of drug-likeness (QED) is 0.683. The van der Waals surface area contributed by atoms with Crippen molar-refractivity contribution in [1.82, 2.24) is 4.90 Å². The van der Waals surface area contributed by atoms with Crippen LogP contribution in [0.1, 0.15) is 24.0 Å². The lowest BCUT2D eigenvalue weighted by molar-refractivity contribution is -0.133. The highest BCUT2D eigenvalue weighted by Gasteiger charge is 2.33. The molecule has 1 heterocycles. The number of carbonyl (C=O) groups excluding carboxylic acids is 2. The number of amides is 2. The van der Waals surface area contributed by atoms with Gasteiger partial charge in [-0.25, -0.2) is 8.42 Å². The SMILES string of the molecule is COc1ccc(C)cc1S(=O)(=O)N(CC(=O)N1CCC(C(N)=O)CC1)c1ccc(C)cc1. The average Bonchev–Trinajstić information content (AvgIpc) is 2.78. The minimum atomic E-state index is -4.10. The van der Waals surface area contributed by atoms with Crippen LogP contribution in [0.15, 0.2) is 47.4 Å². The monoisotopic (exact) mass is 459 g/mol. The summed E-state index contributed by atoms with van der Waals surface area (Å²) in [5.41, 5.74) is 7.49. The minimum absolute atomic E-state index is 0.000752. The second-order valence-electron chi connectivity index (χ2n) is 8.06. The van der Waals surface area contributed by atoms with Gasteiger partial charge in [-0.1, -0.05) is 23.8 Å². The number of rotatable bonds is 7. The van der Waals surface area contributed by atoms with Crippen molar-refractivity contribution < 1.29 is 22.7 Å². The highest BCUT2D eigenvalue weighted by atomic mass is 32.2. The van der Waals surface area contributed by atoms with Gasteiger partial charge in [0.05, 0.1) is 12.8 Å². The lowest BCUT2D eigenvalue weighted by atomic mass is 9.96. The van der Waals surface area contributed by atoms with Crippen molar-refractivity contribution >= 4 is 27.5 Å². The molecule has 32 heavy (non-hydrogen) atoms. The number of methoxy groups -OCH3 is 1. The van der Waals surface area contributed by atoms with Crippen LogP contribution in [0.3, 0.4) is 0 Å². The molecule has 0 saturated carbocycles. The molecule has 1 aliphatic heterocycles. The molecule has 0 atom stereocenters. The lowest BCUT2D eigenvalue weighted by Crippen LogP contribution is -2.47. The summed E-state index contributed by atoms with van der Waals surface area (Å²) >= 11 is 0. The molecule has 0 radical (unpaired) electrons. The van der Waals surface area contributed by atoms with E-state index in [-0.39, 0.29) is 34.9 Å². The predicted octanol–water partition coefficient (Wildman–Crippen LogP) is 2.23. The Morgan fingerprint density at radius 2 is 1.66 bits per heavy atom. The number of sulfonamides is 1. The maximum atomic E-state index is 13.7. The van der Waals surface area contributed by atoms with Gasteiger partial charge in [0.25, 0.3) is 10.0 Å². The number of aryl methyl sites for hydroxylation is 2. The first kappa shape index (κ1) is 23.6. The van der Waals surface area contributed by atoms with Crippen molar-refractivity contribution in [1.29, 1.82) is 0 Å². The zero-order valence-corrected chi connectivity index (χ0v) is 19.4. The Balaban J connectivity index is 1.95. The number of likely N-dealkylation sites (tertiary alicyclic amines) is 1. The summed E-state index contributed by atoms with van der Waals surface area (Å²) in [7, 11) is -2.69. The number of piperidine rings is 1. The molecule has 1 fully saturated rings. The molecule has 2 amide bonds. The molecule has 0 bridgehead atoms. The first-order valence-corrected chi connectivity index (χ1v) is 11.9. The van der Waals surface area contributed by atoms with E-state index in [1.54, 1.807) is 48.2 Å². The lowest BCUT2D eigenvalue weighted by Gasteiger charge is -2.33. The molecular formula is C23H29N3O5S. The molecule has 1 saturated heterocycles. The Morgan fingerprint density at radius 3 is 2.22 bits per heavy atom. The van der Waals surface area contributed by atoms with E-state index in [4.69, 9.17) is 10.5 Å². The summed E-state index contributed by atoms with van der Waals surface area (Å²) in [4.78, 5) is 26.1. The summed E-state index contributed by atoms with van der Waals surface area (Å²) in [5, 5.41) is 0. The molecular weight excluding hydrogens is 430 g/mol. The smallest absolute Gasteiger partial charge is 0.268 e. The summed E-state index contributed by atoms with van der Waals surface area (Å²) in [6.07, 6.45) is 0.952. The van der Waals surface area contributed by atoms with Crippen LogP contribution < -0.4 is 14.8 Å². The first-order chi connectivity index (χ1) is 15.1. The van der Waals surface area contributed by atoms with Crippen LogP contribution >= 0.6 is 0 Å². The van der Waals surface area contributed by atoms with Gasteiger partial charge in [-0.05, 0) is 56.5 Å². The van der Waals surface area contributed by atoms with Gasteiger partial charge in [-0.15, -0.1) is 0 Å². The Morgan fingerprint density at radius 1 is 1.06 bits per heavy atom. The van der Waals surface area contributed by atoms with Crippen LogP contribution in [0.4, 0.5) is 5.69 Å². The third kappa shape index (κ3) is 5.04. The van der Waals surface area contributed by atoms with E-state index in [0.717, 1.165) is 15.4 Å². The zero-order chi connectivity index (χ0) is 23.5. The number of primary amides is 1. The van der Waals surface area contributed by atoms with Crippen LogP contribution in [0.2, 0.25) is 0 Å². The molecule has 2 aromatic rings. The molecule has 0 spiro atoms. The van der Waals surface area contributed by atoms with Gasteiger partial charge in [0.1, 0.15) is 17.2 Å². The fraction of sp³-hybridized carbons (Fsp3) is 0.391. The highest BCUT2D eigenvalue weighted by molar-refractivity contribution is 7.93. The van der Waals surface area contributed by atoms with Crippen LogP contribution in [0.5, 0.6) is 5.75 Å². The maximum absolute atomic E-state index is 13.7. The number of nitrogens with zero attached hydrogens (tertiary/aromatic N) is 2. The van der Waals surface area contributed by atoms with Crippen molar-refractivity contribution in [3.63, 3.8) is 0 Å². The molecule has 1 aliphatic rings. The van der Waals surface area contributed by atoms with Crippen LogP contribution in [-0.4, -0.2) is 51.9 Å². The Hall–Kier alpha value is -3.07. The Bertz CT molecular complexity index is 1090. The van der Waals surface area contributed by atoms with Gasteiger partial charge in [0.2, 0.25) is 11.8 Å². The first-order valence-electron chi connectivity index (χ1n) is 10.4. The predicted molar refractivity (Wildman–Crippen MR) is 122 cm³/mol. The van der Waals surface area contributed by atoms with E-state index in [1.807, 2.05) is 6.92 Å². The van der Waals surface area contributed by atoms with E-state index in [1.165, 1.54) is 13.2 Å². The molecule has 9 heteroatoms. The van der Waals surface area contributed by atoms with Gasteiger partial charge in [0.15, 0.2) is 0 Å². The summed E-state index contributed by atoms with van der Waals surface area (Å²) in [6.45, 7) is 4.07. The number of benzene rings is 2. The number of nitrogens with two attached hydrogens (primary N) is 1. The van der Waals surface area contributed by atoms with E-state index >= 15 is 0 Å². The largest absolute Gasteiger partial charge is 0.495 e. The maximum Gasteiger partial charge on any atom is 0.268 e. The number of ether oxygens (including phenoxy) is 1. The third-order valence-corrected chi connectivity index (χ3v) is 7.53. The number of hydrogen-bond donors (Lipinski definition) is 1. The van der Waals surface area contributed by atoms with Gasteiger partial charge in [-0.2, -0.15) is 0 Å². The second kappa shape index (κ2) is 9.60. The van der Waals surface area contributed by atoms with Gasteiger partial charge < -0.3 is 15.4 Å². The topological polar surface area (TPSA) is 110 Å². The Kier molecular flexibility index (Phi) is 7.08. The highest BCUT2D eigenvalue weighted by Crippen LogP contribution is 2.31. The zero-order valence-electron chi connectivity index (χ0n) is 18.6. The molecule has 3 rings (SSSR count). The number of carbonyl (C=O) groups is 2. The molecule has 8 nitrogen and oxygen atoms in total. The van der Waals surface area contributed by atoms with E-state index in [2.05, 4.69) is 0 Å². The van der Waals surface area contributed by atoms with Crippen molar-refractivity contribution in [2.75, 3.05) is 31.0 Å². The van der Waals surface area contributed by atoms with Crippen molar-refractivity contribution in [2.24, 2.45) is 11.7 Å². The summed E-state index contributed by atoms with van der Waals surface area (Å²) in [5.74, 6) is -0.744. The molecule has 0 aliphatic carbocycles. The molecule has 0 unspecified atom stereocenters. The van der Waals surface area contributed by atoms with Gasteiger partial charge in [0, 0.05) is 19.0 Å². The van der Waals surface area contributed by atoms with Crippen molar-refractivity contribution in [2.45, 2.75) is 31.6 Å². The minimum Gasteiger partial charge on any atom is -0.495 e. The molecule has 172 valence electrons. The van der Waals surface area contributed by atoms with Crippen LogP contribution in [-0.2, 0) is 19.6 Å². The molecule has 2 aromatic carbocycles.